The highest BCUT2D eigenvalue weighted by molar-refractivity contribution is 6.13. The van der Waals surface area contributed by atoms with Gasteiger partial charge in [-0.25, -0.2) is 4.98 Å². The van der Waals surface area contributed by atoms with Crippen LogP contribution in [0.4, 0.5) is 0 Å². The third kappa shape index (κ3) is 13.5. The molecule has 540 valence electrons. The maximum Gasteiger partial charge on any atom is 0.227 e. The summed E-state index contributed by atoms with van der Waals surface area (Å²) in [5.41, 5.74) is 25.8. The quantitative estimate of drug-likeness (QED) is 0.155. The smallest absolute Gasteiger partial charge is 0.227 e. The lowest BCUT2D eigenvalue weighted by molar-refractivity contribution is 0.655. The number of fused-ring (bicyclic) bond motifs is 18. The molecule has 0 aliphatic heterocycles. The van der Waals surface area contributed by atoms with E-state index < -0.39 is 0 Å². The van der Waals surface area contributed by atoms with E-state index in [1.165, 1.54) is 11.1 Å². The standard InChI is InChI=1S/6C17H11NO/c1-2-6-12(7-3-1)13-8-4-9-14-16-15(19-17(13)14)10-5-11-18-16;1-2-6-12(7-3-1)13-8-4-9-14-15-10-5-11-18-17(15)19-16(13)14;1-2-6-12(7-3-1)14-10-18-11-15-13-8-4-5-9-16(13)19-17(14)15;1-2-6-12(7-3-1)13-10-11-18-16-14-8-4-5-9-15(14)19-17(13)16;1-2-5-12(6-3-1)13-7-4-8-15-14-9-10-18-11-16(14)19-17(13)15;1-2-5-12(6-3-1)13-7-4-8-14-15-11-18-10-9-16(15)19-17(13)14/h6*1-11H. The van der Waals surface area contributed by atoms with Crippen molar-refractivity contribution in [2.75, 3.05) is 0 Å². The first-order chi connectivity index (χ1) is 56.6. The molecule has 0 N–H and O–H groups in total. The summed E-state index contributed by atoms with van der Waals surface area (Å²) in [4.78, 5) is 25.8. The Bertz CT molecular complexity index is 6330. The molecule has 12 nitrogen and oxygen atoms in total. The van der Waals surface area contributed by atoms with Crippen LogP contribution in [0.5, 0.6) is 0 Å². The van der Waals surface area contributed by atoms with Crippen molar-refractivity contribution in [2.45, 2.75) is 0 Å². The predicted molar refractivity (Wildman–Crippen MR) is 462 cm³/mol. The maximum atomic E-state index is 6.00. The number of furan rings is 6. The van der Waals surface area contributed by atoms with E-state index in [1.54, 1.807) is 31.0 Å². The zero-order chi connectivity index (χ0) is 75.9. The molecule has 0 aliphatic rings. The first kappa shape index (κ1) is 68.8. The van der Waals surface area contributed by atoms with Crippen molar-refractivity contribution in [3.63, 3.8) is 0 Å². The lowest BCUT2D eigenvalue weighted by Crippen LogP contribution is -1.80. The number of para-hydroxylation sites is 6. The molecule has 0 saturated heterocycles. The summed E-state index contributed by atoms with van der Waals surface area (Å²) in [7, 11) is 0. The van der Waals surface area contributed by atoms with E-state index in [1.807, 2.05) is 225 Å². The Morgan fingerprint density at radius 3 is 1.11 bits per heavy atom. The molecule has 0 bridgehead atoms. The normalized spacial score (nSPS) is 11.2. The summed E-state index contributed by atoms with van der Waals surface area (Å²) in [5.74, 6) is 0. The van der Waals surface area contributed by atoms with Gasteiger partial charge in [-0.3, -0.25) is 24.9 Å². The zero-order valence-electron chi connectivity index (χ0n) is 61.2. The highest BCUT2D eigenvalue weighted by Crippen LogP contribution is 2.41. The molecule has 0 radical (unpaired) electrons. The molecule has 12 heteroatoms. The van der Waals surface area contributed by atoms with E-state index in [0.29, 0.717) is 5.71 Å². The Labute approximate surface area is 652 Å². The van der Waals surface area contributed by atoms with Gasteiger partial charge < -0.3 is 26.5 Å². The van der Waals surface area contributed by atoms with E-state index in [9.17, 15) is 0 Å². The molecule has 24 rings (SSSR count). The van der Waals surface area contributed by atoms with E-state index >= 15 is 0 Å². The molecule has 0 saturated carbocycles. The summed E-state index contributed by atoms with van der Waals surface area (Å²) < 4.78 is 35.8. The largest absolute Gasteiger partial charge is 0.455 e. The minimum Gasteiger partial charge on any atom is -0.455 e. The lowest BCUT2D eigenvalue weighted by Gasteiger charge is -2.01. The third-order valence-electron chi connectivity index (χ3n) is 20.2. The van der Waals surface area contributed by atoms with Crippen LogP contribution in [0.3, 0.4) is 0 Å². The molecule has 0 fully saturated rings. The number of hydrogen-bond acceptors (Lipinski definition) is 12. The third-order valence-corrected chi connectivity index (χ3v) is 20.2. The number of pyridine rings is 6. The van der Waals surface area contributed by atoms with Crippen LogP contribution >= 0.6 is 0 Å². The highest BCUT2D eigenvalue weighted by Gasteiger charge is 2.19. The van der Waals surface area contributed by atoms with E-state index in [0.717, 1.165) is 182 Å². The minimum atomic E-state index is 0.695. The van der Waals surface area contributed by atoms with Crippen molar-refractivity contribution >= 4 is 132 Å². The molecule has 0 amide bonds. The van der Waals surface area contributed by atoms with Crippen LogP contribution in [-0.4, -0.2) is 29.9 Å². The molecule has 24 aromatic rings. The Kier molecular flexibility index (Phi) is 18.8. The van der Waals surface area contributed by atoms with Crippen LogP contribution in [-0.2, 0) is 0 Å². The lowest BCUT2D eigenvalue weighted by atomic mass is 10.0. The summed E-state index contributed by atoms with van der Waals surface area (Å²) in [6.45, 7) is 0. The Hall–Kier alpha value is -15.7. The molecule has 0 unspecified atom stereocenters. The number of rotatable bonds is 6. The topological polar surface area (TPSA) is 156 Å². The molecule has 12 heterocycles. The van der Waals surface area contributed by atoms with Gasteiger partial charge in [0, 0.05) is 137 Å². The second kappa shape index (κ2) is 31.1. The monoisotopic (exact) mass is 1470 g/mol. The average molecular weight is 1470 g/mol. The predicted octanol–water partition coefficient (Wildman–Crippen LogP) is 27.9. The van der Waals surface area contributed by atoms with Gasteiger partial charge in [0.05, 0.1) is 6.20 Å². The van der Waals surface area contributed by atoms with E-state index in [2.05, 4.69) is 175 Å². The van der Waals surface area contributed by atoms with Gasteiger partial charge in [0.25, 0.3) is 0 Å². The fraction of sp³-hybridized carbons (Fsp3) is 0. The maximum absolute atomic E-state index is 6.00. The SMILES string of the molecule is c1ccc(-c2cccc3c2oc2cccnc23)cc1.c1ccc(-c2cccc3c2oc2ccncc23)cc1.c1ccc(-c2cccc3c2oc2cnccc23)cc1.c1ccc(-c2cccc3c2oc2ncccc23)cc1.c1ccc(-c2ccnc3c2oc2ccccc23)cc1.c1ccc(-c2cncc3c2oc2ccccc23)cc1. The second-order valence-corrected chi connectivity index (χ2v) is 27.1. The number of hydrogen-bond donors (Lipinski definition) is 0. The van der Waals surface area contributed by atoms with Crippen molar-refractivity contribution < 1.29 is 26.5 Å². The summed E-state index contributed by atoms with van der Waals surface area (Å²) in [5, 5.41) is 10.9. The first-order valence-electron chi connectivity index (χ1n) is 37.5. The van der Waals surface area contributed by atoms with Crippen molar-refractivity contribution in [3.05, 3.63) is 402 Å². The fourth-order valence-electron chi connectivity index (χ4n) is 14.8. The molecular formula is C102H66N6O6. The van der Waals surface area contributed by atoms with Gasteiger partial charge in [-0.1, -0.05) is 279 Å². The molecule has 12 aromatic heterocycles. The molecular weight excluding hydrogens is 1410 g/mol. The Morgan fingerprint density at radius 2 is 0.518 bits per heavy atom. The molecule has 114 heavy (non-hydrogen) atoms. The van der Waals surface area contributed by atoms with Gasteiger partial charge in [0.2, 0.25) is 5.71 Å². The zero-order valence-corrected chi connectivity index (χ0v) is 61.2. The van der Waals surface area contributed by atoms with Crippen molar-refractivity contribution in [1.29, 1.82) is 0 Å². The van der Waals surface area contributed by atoms with Gasteiger partial charge >= 0.3 is 0 Å². The van der Waals surface area contributed by atoms with Gasteiger partial charge in [-0.2, -0.15) is 0 Å². The molecule has 0 aliphatic carbocycles. The van der Waals surface area contributed by atoms with Crippen LogP contribution in [0.1, 0.15) is 0 Å². The molecule has 0 atom stereocenters. The molecule has 0 spiro atoms. The van der Waals surface area contributed by atoms with Gasteiger partial charge in [-0.15, -0.1) is 0 Å². The fourth-order valence-corrected chi connectivity index (χ4v) is 14.8. The Morgan fingerprint density at radius 1 is 0.158 bits per heavy atom. The average Bonchev–Trinajstić information content (AvgIpc) is 1.66. The molecule has 12 aromatic carbocycles. The van der Waals surface area contributed by atoms with E-state index in [-0.39, 0.29) is 0 Å². The number of benzene rings is 12. The first-order valence-corrected chi connectivity index (χ1v) is 37.5. The van der Waals surface area contributed by atoms with Gasteiger partial charge in [-0.05, 0) is 100 Å². The summed E-state index contributed by atoms with van der Waals surface area (Å²) in [6, 6.07) is 116. The van der Waals surface area contributed by atoms with Crippen molar-refractivity contribution in [1.82, 2.24) is 29.9 Å². The van der Waals surface area contributed by atoms with Crippen molar-refractivity contribution in [2.24, 2.45) is 0 Å². The van der Waals surface area contributed by atoms with Gasteiger partial charge in [0.1, 0.15) is 55.7 Å². The minimum absolute atomic E-state index is 0.695. The van der Waals surface area contributed by atoms with Crippen LogP contribution < -0.4 is 0 Å². The summed E-state index contributed by atoms with van der Waals surface area (Å²) >= 11 is 0. The van der Waals surface area contributed by atoms with Crippen LogP contribution in [0.2, 0.25) is 0 Å². The highest BCUT2D eigenvalue weighted by atomic mass is 16.4. The second-order valence-electron chi connectivity index (χ2n) is 27.1. The van der Waals surface area contributed by atoms with Crippen LogP contribution in [0.25, 0.3) is 199 Å². The van der Waals surface area contributed by atoms with Gasteiger partial charge in [0.15, 0.2) is 16.7 Å². The van der Waals surface area contributed by atoms with Crippen molar-refractivity contribution in [3.8, 4) is 66.8 Å². The van der Waals surface area contributed by atoms with E-state index in [4.69, 9.17) is 26.5 Å². The number of aromatic nitrogens is 6. The Balaban J connectivity index is 0.0000000917. The van der Waals surface area contributed by atoms with Crippen LogP contribution in [0, 0.1) is 0 Å². The van der Waals surface area contributed by atoms with Crippen LogP contribution in [0.15, 0.2) is 428 Å². The number of nitrogens with zero attached hydrogens (tertiary/aromatic N) is 6. The summed E-state index contributed by atoms with van der Waals surface area (Å²) in [6.07, 6.45) is 16.3.